The van der Waals surface area contributed by atoms with Crippen LogP contribution in [0, 0.1) is 12.7 Å². The van der Waals surface area contributed by atoms with Crippen molar-refractivity contribution in [1.29, 1.82) is 0 Å². The Hall–Kier alpha value is -1.42. The average molecular weight is 237 g/mol. The number of carboxylic acids is 1. The molecule has 1 N–H and O–H groups in total. The Kier molecular flexibility index (Phi) is 3.43. The highest BCUT2D eigenvalue weighted by Crippen LogP contribution is 2.28. The second-order valence-corrected chi connectivity index (χ2v) is 4.48. The van der Waals surface area contributed by atoms with Crippen molar-refractivity contribution in [3.63, 3.8) is 0 Å². The quantitative estimate of drug-likeness (QED) is 0.877. The number of carbonyl (C=O) groups is 1. The monoisotopic (exact) mass is 237 g/mol. The van der Waals surface area contributed by atoms with Gasteiger partial charge in [0.05, 0.1) is 0 Å². The van der Waals surface area contributed by atoms with Crippen LogP contribution in [0.1, 0.15) is 30.0 Å². The van der Waals surface area contributed by atoms with Crippen LogP contribution in [-0.2, 0) is 4.79 Å². The lowest BCUT2D eigenvalue weighted by atomic mass is 10.00. The van der Waals surface area contributed by atoms with Crippen LogP contribution < -0.4 is 0 Å². The molecule has 92 valence electrons. The highest BCUT2D eigenvalue weighted by Gasteiger charge is 2.30. The standard InChI is InChI=1S/C13H16FNO2/c1-9-8-10(14)4-5-11(9)12(13(16)17)15-6-2-3-7-15/h4-5,8,12H,2-3,6-7H2,1H3,(H,16,17). The SMILES string of the molecule is Cc1cc(F)ccc1C(C(=O)O)N1CCCC1. The number of carboxylic acid groups (broad SMARTS) is 1. The number of likely N-dealkylation sites (tertiary alicyclic amines) is 1. The van der Waals surface area contributed by atoms with Crippen molar-refractivity contribution < 1.29 is 14.3 Å². The molecule has 1 atom stereocenters. The summed E-state index contributed by atoms with van der Waals surface area (Å²) in [6.07, 6.45) is 2.06. The summed E-state index contributed by atoms with van der Waals surface area (Å²) in [4.78, 5) is 13.3. The van der Waals surface area contributed by atoms with Gasteiger partial charge in [-0.1, -0.05) is 6.07 Å². The Balaban J connectivity index is 2.35. The lowest BCUT2D eigenvalue weighted by Gasteiger charge is -2.25. The van der Waals surface area contributed by atoms with E-state index >= 15 is 0 Å². The maximum absolute atomic E-state index is 13.0. The lowest BCUT2D eigenvalue weighted by Crippen LogP contribution is -2.32. The molecule has 1 aliphatic heterocycles. The molecule has 0 amide bonds. The van der Waals surface area contributed by atoms with E-state index in [4.69, 9.17) is 0 Å². The molecule has 1 heterocycles. The Morgan fingerprint density at radius 3 is 2.59 bits per heavy atom. The molecule has 1 aliphatic rings. The molecular formula is C13H16FNO2. The largest absolute Gasteiger partial charge is 0.480 e. The number of nitrogens with zero attached hydrogens (tertiary/aromatic N) is 1. The predicted molar refractivity (Wildman–Crippen MR) is 62.3 cm³/mol. The lowest BCUT2D eigenvalue weighted by molar-refractivity contribution is -0.143. The van der Waals surface area contributed by atoms with E-state index in [2.05, 4.69) is 0 Å². The number of aryl methyl sites for hydroxylation is 1. The molecule has 0 radical (unpaired) electrons. The van der Waals surface area contributed by atoms with Gasteiger partial charge >= 0.3 is 5.97 Å². The molecule has 1 aromatic carbocycles. The Labute approximate surface area is 99.9 Å². The maximum atomic E-state index is 13.0. The molecule has 1 fully saturated rings. The van der Waals surface area contributed by atoms with Crippen LogP contribution in [0.2, 0.25) is 0 Å². The molecule has 0 spiro atoms. The molecule has 0 bridgehead atoms. The third-order valence-electron chi connectivity index (χ3n) is 3.27. The van der Waals surface area contributed by atoms with Crippen LogP contribution in [0.25, 0.3) is 0 Å². The fourth-order valence-electron chi connectivity index (χ4n) is 2.43. The van der Waals surface area contributed by atoms with Gasteiger partial charge in [0.1, 0.15) is 11.9 Å². The summed E-state index contributed by atoms with van der Waals surface area (Å²) in [5, 5.41) is 9.35. The van der Waals surface area contributed by atoms with Crippen molar-refractivity contribution in [3.8, 4) is 0 Å². The molecule has 0 saturated carbocycles. The third kappa shape index (κ3) is 2.47. The second-order valence-electron chi connectivity index (χ2n) is 4.48. The van der Waals surface area contributed by atoms with Crippen molar-refractivity contribution in [1.82, 2.24) is 4.90 Å². The van der Waals surface area contributed by atoms with E-state index in [1.807, 2.05) is 4.90 Å². The van der Waals surface area contributed by atoms with E-state index in [-0.39, 0.29) is 5.82 Å². The second kappa shape index (κ2) is 4.84. The normalized spacial score (nSPS) is 18.2. The first-order chi connectivity index (χ1) is 8.09. The van der Waals surface area contributed by atoms with E-state index < -0.39 is 12.0 Å². The summed E-state index contributed by atoms with van der Waals surface area (Å²) >= 11 is 0. The van der Waals surface area contributed by atoms with Gasteiger partial charge in [0.15, 0.2) is 0 Å². The Bertz CT molecular complexity index is 427. The summed E-state index contributed by atoms with van der Waals surface area (Å²) in [5.41, 5.74) is 1.39. The van der Waals surface area contributed by atoms with Gasteiger partial charge in [-0.15, -0.1) is 0 Å². The Morgan fingerprint density at radius 1 is 1.41 bits per heavy atom. The third-order valence-corrected chi connectivity index (χ3v) is 3.27. The number of aliphatic carboxylic acids is 1. The van der Waals surface area contributed by atoms with Crippen LogP contribution in [-0.4, -0.2) is 29.1 Å². The summed E-state index contributed by atoms with van der Waals surface area (Å²) in [6.45, 7) is 3.35. The summed E-state index contributed by atoms with van der Waals surface area (Å²) in [5.74, 6) is -1.18. The smallest absolute Gasteiger partial charge is 0.325 e. The molecular weight excluding hydrogens is 221 g/mol. The zero-order valence-electron chi connectivity index (χ0n) is 9.82. The van der Waals surface area contributed by atoms with Gasteiger partial charge in [0.2, 0.25) is 0 Å². The minimum absolute atomic E-state index is 0.322. The zero-order valence-corrected chi connectivity index (χ0v) is 9.82. The molecule has 0 aromatic heterocycles. The number of hydrogen-bond donors (Lipinski definition) is 1. The van der Waals surface area contributed by atoms with Gasteiger partial charge < -0.3 is 5.11 Å². The topological polar surface area (TPSA) is 40.5 Å². The van der Waals surface area contributed by atoms with E-state index in [0.717, 1.165) is 25.9 Å². The van der Waals surface area contributed by atoms with Gasteiger partial charge in [-0.05, 0) is 56.1 Å². The van der Waals surface area contributed by atoms with Gasteiger partial charge in [-0.2, -0.15) is 0 Å². The zero-order chi connectivity index (χ0) is 12.4. The number of hydrogen-bond acceptors (Lipinski definition) is 2. The van der Waals surface area contributed by atoms with E-state index in [0.29, 0.717) is 11.1 Å². The van der Waals surface area contributed by atoms with Crippen molar-refractivity contribution in [3.05, 3.63) is 35.1 Å². The molecule has 1 aromatic rings. The van der Waals surface area contributed by atoms with Crippen LogP contribution in [0.3, 0.4) is 0 Å². The number of benzene rings is 1. The van der Waals surface area contributed by atoms with Crippen LogP contribution in [0.4, 0.5) is 4.39 Å². The van der Waals surface area contributed by atoms with Gasteiger partial charge in [-0.25, -0.2) is 4.39 Å². The van der Waals surface area contributed by atoms with Crippen molar-refractivity contribution in [2.24, 2.45) is 0 Å². The average Bonchev–Trinajstić information content (AvgIpc) is 2.74. The summed E-state index contributed by atoms with van der Waals surface area (Å²) < 4.78 is 13.0. The Morgan fingerprint density at radius 2 is 2.06 bits per heavy atom. The summed E-state index contributed by atoms with van der Waals surface area (Å²) in [7, 11) is 0. The fraction of sp³-hybridized carbons (Fsp3) is 0.462. The van der Waals surface area contributed by atoms with Crippen LogP contribution in [0.5, 0.6) is 0 Å². The van der Waals surface area contributed by atoms with Gasteiger partial charge in [-0.3, -0.25) is 9.69 Å². The minimum Gasteiger partial charge on any atom is -0.480 e. The van der Waals surface area contributed by atoms with E-state index in [1.54, 1.807) is 13.0 Å². The van der Waals surface area contributed by atoms with Gasteiger partial charge in [0.25, 0.3) is 0 Å². The molecule has 1 saturated heterocycles. The molecule has 3 nitrogen and oxygen atoms in total. The van der Waals surface area contributed by atoms with Crippen molar-refractivity contribution in [2.75, 3.05) is 13.1 Å². The van der Waals surface area contributed by atoms with Crippen molar-refractivity contribution >= 4 is 5.97 Å². The van der Waals surface area contributed by atoms with Gasteiger partial charge in [0, 0.05) is 0 Å². The molecule has 2 rings (SSSR count). The molecule has 17 heavy (non-hydrogen) atoms. The van der Waals surface area contributed by atoms with E-state index in [1.165, 1.54) is 12.1 Å². The minimum atomic E-state index is -0.860. The number of rotatable bonds is 3. The first-order valence-electron chi connectivity index (χ1n) is 5.82. The van der Waals surface area contributed by atoms with E-state index in [9.17, 15) is 14.3 Å². The molecule has 0 aliphatic carbocycles. The predicted octanol–water partition coefficient (Wildman–Crippen LogP) is 2.36. The first-order valence-corrected chi connectivity index (χ1v) is 5.82. The van der Waals surface area contributed by atoms with Crippen LogP contribution >= 0.6 is 0 Å². The maximum Gasteiger partial charge on any atom is 0.325 e. The summed E-state index contributed by atoms with van der Waals surface area (Å²) in [6, 6.07) is 3.66. The fourth-order valence-corrected chi connectivity index (χ4v) is 2.43. The molecule has 4 heteroatoms. The highest BCUT2D eigenvalue weighted by atomic mass is 19.1. The van der Waals surface area contributed by atoms with Crippen molar-refractivity contribution in [2.45, 2.75) is 25.8 Å². The number of halogens is 1. The molecule has 1 unspecified atom stereocenters. The first kappa shape index (κ1) is 12.0. The van der Waals surface area contributed by atoms with Crippen LogP contribution in [0.15, 0.2) is 18.2 Å². The highest BCUT2D eigenvalue weighted by molar-refractivity contribution is 5.76.